The number of anilines is 1. The summed E-state index contributed by atoms with van der Waals surface area (Å²) in [6, 6.07) is 4.03. The minimum absolute atomic E-state index is 0.119. The Hall–Kier alpha value is -4.48. The number of pyridine rings is 1. The van der Waals surface area contributed by atoms with Gasteiger partial charge in [0, 0.05) is 46.3 Å². The number of hydrogen-bond donors (Lipinski definition) is 4. The minimum atomic E-state index is -1.25. The third-order valence-electron chi connectivity index (χ3n) is 7.03. The van der Waals surface area contributed by atoms with E-state index in [1.54, 1.807) is 18.5 Å². The van der Waals surface area contributed by atoms with E-state index in [1.807, 2.05) is 23.9 Å². The highest BCUT2D eigenvalue weighted by molar-refractivity contribution is 8.01. The van der Waals surface area contributed by atoms with Gasteiger partial charge in [0.1, 0.15) is 48.6 Å². The SMILES string of the molecule is CON=C(C(=O)NC1C(=O)N2C(C(=O)O)=C(CSc3cc[n+](C)c4cc(-c5ncc[nH]5)c(F)cc34)CS[C@@H]12)c1csc(N)n1. The standard InChI is InChI=1S/C27H23FN8O5S3/c1-35-6-3-18(14-7-15(28)13(8-17(14)35)22-30-4-5-31-22)42-9-12-10-43-25-20(24(38)36(25)21(12)26(39)40)33-23(37)19(34-41-2)16-11-44-27(29)32-16/h3-8,11,20,25H,9-10H2,1-2H3,(H4,29,32,33,37,39,40)/p+1/t20?,25-/m0/s1. The van der Waals surface area contributed by atoms with Gasteiger partial charge in [-0.1, -0.05) is 5.16 Å². The molecule has 1 aromatic carbocycles. The summed E-state index contributed by atoms with van der Waals surface area (Å²) < 4.78 is 17.0. The van der Waals surface area contributed by atoms with E-state index in [4.69, 9.17) is 10.6 Å². The zero-order valence-corrected chi connectivity index (χ0v) is 25.6. The number of aliphatic carboxylic acids is 1. The number of carboxylic acids is 1. The largest absolute Gasteiger partial charge is 0.477 e. The van der Waals surface area contributed by atoms with Crippen molar-refractivity contribution in [3.8, 4) is 11.4 Å². The van der Waals surface area contributed by atoms with Crippen molar-refractivity contribution in [3.05, 3.63) is 65.0 Å². The van der Waals surface area contributed by atoms with E-state index in [9.17, 15) is 19.5 Å². The molecule has 0 bridgehead atoms. The van der Waals surface area contributed by atoms with Gasteiger partial charge < -0.3 is 26.0 Å². The normalized spacial score (nSPS) is 18.3. The molecule has 0 spiro atoms. The number of carboxylic acid groups (broad SMARTS) is 1. The van der Waals surface area contributed by atoms with Crippen LogP contribution in [0.4, 0.5) is 9.52 Å². The molecule has 44 heavy (non-hydrogen) atoms. The number of fused-ring (bicyclic) bond motifs is 2. The van der Waals surface area contributed by atoms with Crippen LogP contribution in [0.25, 0.3) is 22.3 Å². The van der Waals surface area contributed by atoms with Gasteiger partial charge in [-0.05, 0) is 11.6 Å². The average molecular weight is 656 g/mol. The molecule has 2 aliphatic rings. The molecule has 1 saturated heterocycles. The van der Waals surface area contributed by atoms with Crippen molar-refractivity contribution < 1.29 is 33.3 Å². The Balaban J connectivity index is 1.22. The fraction of sp³-hybridized carbons (Fsp3) is 0.222. The first-order chi connectivity index (χ1) is 21.2. The summed E-state index contributed by atoms with van der Waals surface area (Å²) in [5, 5.41) is 18.3. The second-order valence-electron chi connectivity index (χ2n) is 9.68. The molecular weight excluding hydrogens is 632 g/mol. The van der Waals surface area contributed by atoms with Crippen LogP contribution in [0, 0.1) is 5.82 Å². The molecule has 5 N–H and O–H groups in total. The quantitative estimate of drug-likeness (QED) is 0.0686. The number of imidazole rings is 1. The predicted octanol–water partition coefficient (Wildman–Crippen LogP) is 2.11. The lowest BCUT2D eigenvalue weighted by Gasteiger charge is -2.49. The molecule has 2 aliphatic heterocycles. The lowest BCUT2D eigenvalue weighted by molar-refractivity contribution is -0.645. The maximum absolute atomic E-state index is 15.2. The Morgan fingerprint density at radius 2 is 2.23 bits per heavy atom. The molecule has 0 radical (unpaired) electrons. The van der Waals surface area contributed by atoms with Gasteiger partial charge in [-0.3, -0.25) is 14.5 Å². The number of rotatable bonds is 9. The number of nitrogens with zero attached hydrogens (tertiary/aromatic N) is 5. The number of nitrogens with two attached hydrogens (primary N) is 1. The van der Waals surface area contributed by atoms with Crippen LogP contribution >= 0.6 is 34.9 Å². The number of carbonyl (C=O) groups excluding carboxylic acids is 2. The Bertz CT molecular complexity index is 1880. The van der Waals surface area contributed by atoms with Gasteiger partial charge >= 0.3 is 5.97 Å². The van der Waals surface area contributed by atoms with Crippen LogP contribution in [0.15, 0.2) is 63.5 Å². The number of thiazole rings is 1. The maximum atomic E-state index is 15.2. The van der Waals surface area contributed by atoms with Crippen LogP contribution in [-0.4, -0.2) is 78.5 Å². The van der Waals surface area contributed by atoms with Crippen LogP contribution in [0.3, 0.4) is 0 Å². The lowest BCUT2D eigenvalue weighted by atomic mass is 10.0. The molecule has 226 valence electrons. The molecule has 13 nitrogen and oxygen atoms in total. The number of carbonyl (C=O) groups is 3. The van der Waals surface area contributed by atoms with Crippen LogP contribution in [0.5, 0.6) is 0 Å². The molecule has 3 aromatic heterocycles. The smallest absolute Gasteiger partial charge is 0.352 e. The van der Waals surface area contributed by atoms with Crippen molar-refractivity contribution in [2.45, 2.75) is 16.3 Å². The maximum Gasteiger partial charge on any atom is 0.352 e. The minimum Gasteiger partial charge on any atom is -0.477 e. The number of oxime groups is 1. The monoisotopic (exact) mass is 655 g/mol. The first kappa shape index (κ1) is 29.6. The summed E-state index contributed by atoms with van der Waals surface area (Å²) in [6.45, 7) is 0. The molecule has 1 fully saturated rings. The van der Waals surface area contributed by atoms with Crippen LogP contribution in [0.1, 0.15) is 5.69 Å². The number of H-pyrrole nitrogens is 1. The highest BCUT2D eigenvalue weighted by Gasteiger charge is 2.54. The van der Waals surface area contributed by atoms with E-state index in [1.165, 1.54) is 47.0 Å². The lowest BCUT2D eigenvalue weighted by Crippen LogP contribution is -2.71. The number of aryl methyl sites for hydroxylation is 1. The number of nitrogen functional groups attached to an aromatic ring is 1. The summed E-state index contributed by atoms with van der Waals surface area (Å²) >= 11 is 3.81. The Morgan fingerprint density at radius 1 is 1.41 bits per heavy atom. The summed E-state index contributed by atoms with van der Waals surface area (Å²) in [6.07, 6.45) is 5.02. The van der Waals surface area contributed by atoms with Gasteiger partial charge in [0.25, 0.3) is 11.8 Å². The zero-order chi connectivity index (χ0) is 31.1. The molecule has 4 aromatic rings. The molecule has 5 heterocycles. The fourth-order valence-electron chi connectivity index (χ4n) is 4.98. The van der Waals surface area contributed by atoms with E-state index in [-0.39, 0.29) is 28.0 Å². The molecule has 1 unspecified atom stereocenters. The summed E-state index contributed by atoms with van der Waals surface area (Å²) in [7, 11) is 3.12. The number of nitrogens with one attached hydrogen (secondary N) is 2. The zero-order valence-electron chi connectivity index (χ0n) is 23.1. The highest BCUT2D eigenvalue weighted by Crippen LogP contribution is 2.42. The second-order valence-corrected chi connectivity index (χ2v) is 12.7. The summed E-state index contributed by atoms with van der Waals surface area (Å²) in [4.78, 5) is 56.5. The first-order valence-corrected chi connectivity index (χ1v) is 15.9. The van der Waals surface area contributed by atoms with Gasteiger partial charge in [0.05, 0.1) is 10.9 Å². The Labute approximate surface area is 261 Å². The predicted molar refractivity (Wildman–Crippen MR) is 163 cm³/mol. The van der Waals surface area contributed by atoms with Crippen molar-refractivity contribution in [1.29, 1.82) is 0 Å². The third kappa shape index (κ3) is 5.26. The van der Waals surface area contributed by atoms with Crippen LogP contribution < -0.4 is 15.6 Å². The van der Waals surface area contributed by atoms with E-state index in [2.05, 4.69) is 25.4 Å². The Morgan fingerprint density at radius 3 is 2.91 bits per heavy atom. The van der Waals surface area contributed by atoms with Crippen molar-refractivity contribution in [2.75, 3.05) is 24.3 Å². The molecule has 2 amide bonds. The number of β-lactam (4-membered cyclic amide) rings is 1. The van der Waals surface area contributed by atoms with Crippen LogP contribution in [0.2, 0.25) is 0 Å². The van der Waals surface area contributed by atoms with Crippen LogP contribution in [-0.2, 0) is 26.3 Å². The van der Waals surface area contributed by atoms with Crippen molar-refractivity contribution in [1.82, 2.24) is 25.2 Å². The molecule has 6 rings (SSSR count). The second kappa shape index (κ2) is 11.9. The molecule has 2 atom stereocenters. The number of hydrogen-bond acceptors (Lipinski definition) is 11. The topological polar surface area (TPSA) is 180 Å². The van der Waals surface area contributed by atoms with E-state index < -0.39 is 35.0 Å². The molecule has 17 heteroatoms. The van der Waals surface area contributed by atoms with Gasteiger partial charge in [-0.2, -0.15) is 0 Å². The van der Waals surface area contributed by atoms with Gasteiger partial charge in [-0.15, -0.1) is 34.9 Å². The highest BCUT2D eigenvalue weighted by atomic mass is 32.2. The van der Waals surface area contributed by atoms with Gasteiger partial charge in [-0.25, -0.2) is 23.7 Å². The molecule has 0 saturated carbocycles. The number of benzene rings is 1. The Kier molecular flexibility index (Phi) is 8.00. The third-order valence-corrected chi connectivity index (χ3v) is 10.2. The number of aromatic amines is 1. The van der Waals surface area contributed by atoms with E-state index in [0.717, 1.165) is 21.7 Å². The van der Waals surface area contributed by atoms with Crippen molar-refractivity contribution in [3.63, 3.8) is 0 Å². The number of halogens is 1. The fourth-order valence-corrected chi connectivity index (χ4v) is 8.05. The van der Waals surface area contributed by atoms with E-state index in [0.29, 0.717) is 28.1 Å². The van der Waals surface area contributed by atoms with Gasteiger partial charge in [0.2, 0.25) is 5.52 Å². The molecular formula is C27H24FN8O5S3+. The summed E-state index contributed by atoms with van der Waals surface area (Å²) in [5.74, 6) is -1.98. The van der Waals surface area contributed by atoms with Gasteiger partial charge in [0.15, 0.2) is 17.0 Å². The summed E-state index contributed by atoms with van der Waals surface area (Å²) in [5.41, 5.74) is 7.23. The number of thioether (sulfide) groups is 2. The van der Waals surface area contributed by atoms with Crippen molar-refractivity contribution in [2.24, 2.45) is 12.2 Å². The number of aromatic nitrogens is 4. The van der Waals surface area contributed by atoms with Crippen molar-refractivity contribution >= 4 is 74.4 Å². The number of amides is 2. The first-order valence-electron chi connectivity index (χ1n) is 13.0. The average Bonchev–Trinajstić information content (AvgIpc) is 3.69. The molecule has 0 aliphatic carbocycles. The van der Waals surface area contributed by atoms with E-state index >= 15 is 4.39 Å².